The molecule has 1 aromatic heterocycles. The zero-order chi connectivity index (χ0) is 24.1. The molecule has 0 bridgehead atoms. The fraction of sp³-hybridized carbons (Fsp3) is 0.280. The molecule has 0 saturated carbocycles. The van der Waals surface area contributed by atoms with Gasteiger partial charge >= 0.3 is 0 Å². The number of hydrogen-bond donors (Lipinski definition) is 1. The number of aryl methyl sites for hydroxylation is 2. The maximum atomic E-state index is 12.7. The van der Waals surface area contributed by atoms with Gasteiger partial charge in [-0.25, -0.2) is 13.4 Å². The van der Waals surface area contributed by atoms with Gasteiger partial charge in [0.15, 0.2) is 0 Å². The van der Waals surface area contributed by atoms with E-state index in [0.717, 1.165) is 22.4 Å². The average Bonchev–Trinajstić information content (AvgIpc) is 2.86. The van der Waals surface area contributed by atoms with Crippen LogP contribution >= 0.6 is 0 Å². The van der Waals surface area contributed by atoms with Crippen molar-refractivity contribution in [2.24, 2.45) is 0 Å². The van der Waals surface area contributed by atoms with Crippen molar-refractivity contribution in [1.82, 2.24) is 14.6 Å². The van der Waals surface area contributed by atoms with Crippen LogP contribution in [0.4, 0.5) is 0 Å². The van der Waals surface area contributed by atoms with E-state index < -0.39 is 10.0 Å². The molecular formula is C25H27N3O5S. The Labute approximate surface area is 199 Å². The van der Waals surface area contributed by atoms with E-state index in [2.05, 4.69) is 10.3 Å². The van der Waals surface area contributed by atoms with Crippen molar-refractivity contribution < 1.29 is 22.7 Å². The van der Waals surface area contributed by atoms with Crippen LogP contribution < -0.4 is 10.1 Å². The SMILES string of the molecule is Cc1ccc(C)c(Oc2ccc(CNC(=O)c3ccc(S(=O)(=O)N4CCOCC4)cc3)cn2)c1. The second-order valence-electron chi connectivity index (χ2n) is 8.10. The first-order valence-corrected chi connectivity index (χ1v) is 12.4. The highest BCUT2D eigenvalue weighted by molar-refractivity contribution is 7.89. The number of nitrogens with zero attached hydrogens (tertiary/aromatic N) is 2. The van der Waals surface area contributed by atoms with Gasteiger partial charge in [-0.3, -0.25) is 4.79 Å². The van der Waals surface area contributed by atoms with Crippen LogP contribution in [0.15, 0.2) is 65.7 Å². The third-order valence-corrected chi connectivity index (χ3v) is 7.45. The number of pyridine rings is 1. The summed E-state index contributed by atoms with van der Waals surface area (Å²) in [6.07, 6.45) is 1.65. The van der Waals surface area contributed by atoms with Gasteiger partial charge in [-0.05, 0) is 60.9 Å². The fourth-order valence-corrected chi connectivity index (χ4v) is 4.91. The highest BCUT2D eigenvalue weighted by Crippen LogP contribution is 2.24. The highest BCUT2D eigenvalue weighted by atomic mass is 32.2. The quantitative estimate of drug-likeness (QED) is 0.555. The van der Waals surface area contributed by atoms with E-state index in [1.54, 1.807) is 12.3 Å². The Morgan fingerprint density at radius 3 is 2.47 bits per heavy atom. The largest absolute Gasteiger partial charge is 0.439 e. The van der Waals surface area contributed by atoms with Gasteiger partial charge in [0.2, 0.25) is 15.9 Å². The number of hydrogen-bond acceptors (Lipinski definition) is 6. The molecule has 9 heteroatoms. The summed E-state index contributed by atoms with van der Waals surface area (Å²) in [6, 6.07) is 15.5. The predicted molar refractivity (Wildman–Crippen MR) is 127 cm³/mol. The molecule has 0 atom stereocenters. The molecule has 4 rings (SSSR count). The minimum atomic E-state index is -3.59. The lowest BCUT2D eigenvalue weighted by Crippen LogP contribution is -2.40. The molecule has 34 heavy (non-hydrogen) atoms. The van der Waals surface area contributed by atoms with Gasteiger partial charge < -0.3 is 14.8 Å². The van der Waals surface area contributed by atoms with Crippen LogP contribution in [0, 0.1) is 13.8 Å². The second kappa shape index (κ2) is 10.3. The molecule has 1 aliphatic heterocycles. The summed E-state index contributed by atoms with van der Waals surface area (Å²) in [4.78, 5) is 17.0. The Bertz CT molecular complexity index is 1250. The predicted octanol–water partition coefficient (Wildman–Crippen LogP) is 3.44. The van der Waals surface area contributed by atoms with Gasteiger partial charge in [0, 0.05) is 37.5 Å². The zero-order valence-corrected chi connectivity index (χ0v) is 20.0. The van der Waals surface area contributed by atoms with Crippen molar-refractivity contribution in [3.05, 3.63) is 83.0 Å². The molecule has 8 nitrogen and oxygen atoms in total. The summed E-state index contributed by atoms with van der Waals surface area (Å²) >= 11 is 0. The molecule has 0 spiro atoms. The summed E-state index contributed by atoms with van der Waals surface area (Å²) < 4.78 is 37.9. The van der Waals surface area contributed by atoms with Crippen LogP contribution in [0.3, 0.4) is 0 Å². The van der Waals surface area contributed by atoms with Gasteiger partial charge in [0.25, 0.3) is 5.91 Å². The lowest BCUT2D eigenvalue weighted by molar-refractivity contribution is 0.0730. The van der Waals surface area contributed by atoms with Crippen molar-refractivity contribution >= 4 is 15.9 Å². The van der Waals surface area contributed by atoms with E-state index in [1.807, 2.05) is 38.1 Å². The van der Waals surface area contributed by atoms with Crippen molar-refractivity contribution in [3.8, 4) is 11.6 Å². The first-order valence-electron chi connectivity index (χ1n) is 11.0. The number of sulfonamides is 1. The van der Waals surface area contributed by atoms with Crippen LogP contribution in [-0.2, 0) is 21.3 Å². The summed E-state index contributed by atoms with van der Waals surface area (Å²) in [7, 11) is -3.59. The molecule has 1 N–H and O–H groups in total. The third kappa shape index (κ3) is 5.61. The summed E-state index contributed by atoms with van der Waals surface area (Å²) in [6.45, 7) is 5.68. The number of carbonyl (C=O) groups excluding carboxylic acids is 1. The van der Waals surface area contributed by atoms with Crippen molar-refractivity contribution in [2.75, 3.05) is 26.3 Å². The normalized spacial score (nSPS) is 14.5. The van der Waals surface area contributed by atoms with Crippen LogP contribution in [0.2, 0.25) is 0 Å². The van der Waals surface area contributed by atoms with E-state index in [0.29, 0.717) is 37.7 Å². The Balaban J connectivity index is 1.34. The maximum absolute atomic E-state index is 12.7. The van der Waals surface area contributed by atoms with Gasteiger partial charge in [-0.1, -0.05) is 18.2 Å². The summed E-state index contributed by atoms with van der Waals surface area (Å²) in [5, 5.41) is 2.83. The monoisotopic (exact) mass is 481 g/mol. The number of benzene rings is 2. The van der Waals surface area contributed by atoms with E-state index in [-0.39, 0.29) is 17.3 Å². The lowest BCUT2D eigenvalue weighted by Gasteiger charge is -2.26. The van der Waals surface area contributed by atoms with E-state index >= 15 is 0 Å². The Morgan fingerprint density at radius 1 is 1.06 bits per heavy atom. The summed E-state index contributed by atoms with van der Waals surface area (Å²) in [5.74, 6) is 0.930. The van der Waals surface area contributed by atoms with Crippen LogP contribution in [0.5, 0.6) is 11.6 Å². The zero-order valence-electron chi connectivity index (χ0n) is 19.2. The number of morpholine rings is 1. The first-order chi connectivity index (χ1) is 16.3. The van der Waals surface area contributed by atoms with Gasteiger partial charge in [0.05, 0.1) is 18.1 Å². The minimum Gasteiger partial charge on any atom is -0.439 e. The second-order valence-corrected chi connectivity index (χ2v) is 10.0. The van der Waals surface area contributed by atoms with Crippen molar-refractivity contribution in [3.63, 3.8) is 0 Å². The van der Waals surface area contributed by atoms with E-state index in [4.69, 9.17) is 9.47 Å². The molecule has 0 unspecified atom stereocenters. The standard InChI is InChI=1S/C25H27N3O5S/c1-18-3-4-19(2)23(15-18)33-24-10-5-20(16-26-24)17-27-25(29)21-6-8-22(9-7-21)34(30,31)28-11-13-32-14-12-28/h3-10,15-16H,11-14,17H2,1-2H3,(H,27,29). The molecular weight excluding hydrogens is 454 g/mol. The molecule has 1 amide bonds. The number of amides is 1. The summed E-state index contributed by atoms with van der Waals surface area (Å²) in [5.41, 5.74) is 3.32. The fourth-order valence-electron chi connectivity index (χ4n) is 3.50. The van der Waals surface area contributed by atoms with Crippen LogP contribution in [0.1, 0.15) is 27.0 Å². The maximum Gasteiger partial charge on any atom is 0.251 e. The van der Waals surface area contributed by atoms with Crippen molar-refractivity contribution in [2.45, 2.75) is 25.3 Å². The smallest absolute Gasteiger partial charge is 0.251 e. The molecule has 1 saturated heterocycles. The number of ether oxygens (including phenoxy) is 2. The number of rotatable bonds is 7. The Kier molecular flexibility index (Phi) is 7.26. The molecule has 2 heterocycles. The van der Waals surface area contributed by atoms with Crippen LogP contribution in [-0.4, -0.2) is 49.9 Å². The van der Waals surface area contributed by atoms with Gasteiger partial charge in [-0.15, -0.1) is 0 Å². The lowest BCUT2D eigenvalue weighted by atomic mass is 10.1. The molecule has 178 valence electrons. The molecule has 2 aromatic carbocycles. The molecule has 1 aliphatic rings. The van der Waals surface area contributed by atoms with E-state index in [1.165, 1.54) is 28.6 Å². The third-order valence-electron chi connectivity index (χ3n) is 5.53. The number of nitrogens with one attached hydrogen (secondary N) is 1. The number of aromatic nitrogens is 1. The molecule has 0 aliphatic carbocycles. The van der Waals surface area contributed by atoms with E-state index in [9.17, 15) is 13.2 Å². The topological polar surface area (TPSA) is 97.8 Å². The van der Waals surface area contributed by atoms with Crippen molar-refractivity contribution in [1.29, 1.82) is 0 Å². The van der Waals surface area contributed by atoms with Gasteiger partial charge in [0.1, 0.15) is 5.75 Å². The van der Waals surface area contributed by atoms with Gasteiger partial charge in [-0.2, -0.15) is 4.31 Å². The molecule has 3 aromatic rings. The Morgan fingerprint density at radius 2 is 1.79 bits per heavy atom. The molecule has 0 radical (unpaired) electrons. The first kappa shape index (κ1) is 23.9. The highest BCUT2D eigenvalue weighted by Gasteiger charge is 2.26. The average molecular weight is 482 g/mol. The Hall–Kier alpha value is -3.27. The minimum absolute atomic E-state index is 0.162. The number of carbonyl (C=O) groups is 1. The molecule has 1 fully saturated rings. The van der Waals surface area contributed by atoms with Crippen LogP contribution in [0.25, 0.3) is 0 Å².